The summed E-state index contributed by atoms with van der Waals surface area (Å²) < 4.78 is 26.7. The number of aliphatic hydroxyl groups excluding tert-OH is 1. The Morgan fingerprint density at radius 3 is 2.50 bits per heavy atom. The summed E-state index contributed by atoms with van der Waals surface area (Å²) in [7, 11) is -3.84. The van der Waals surface area contributed by atoms with Crippen molar-refractivity contribution < 1.29 is 13.5 Å². The van der Waals surface area contributed by atoms with E-state index in [2.05, 4.69) is 4.72 Å². The molecule has 1 aromatic carbocycles. The van der Waals surface area contributed by atoms with Gasteiger partial charge in [0, 0.05) is 6.04 Å². The Morgan fingerprint density at radius 2 is 2.06 bits per heavy atom. The van der Waals surface area contributed by atoms with Gasteiger partial charge in [0.05, 0.1) is 17.3 Å². The van der Waals surface area contributed by atoms with Crippen molar-refractivity contribution >= 4 is 27.3 Å². The summed E-state index contributed by atoms with van der Waals surface area (Å²) in [4.78, 5) is -0.147. The second-order valence-electron chi connectivity index (χ2n) is 4.31. The highest BCUT2D eigenvalue weighted by Crippen LogP contribution is 2.27. The molecule has 0 aliphatic rings. The van der Waals surface area contributed by atoms with Crippen LogP contribution in [0.4, 0.5) is 5.69 Å². The van der Waals surface area contributed by atoms with Crippen molar-refractivity contribution in [1.29, 1.82) is 0 Å². The summed E-state index contributed by atoms with van der Waals surface area (Å²) >= 11 is 5.86. The number of benzene rings is 1. The molecule has 0 aliphatic heterocycles. The fraction of sp³-hybridized carbons (Fsp3) is 0.455. The van der Waals surface area contributed by atoms with Crippen molar-refractivity contribution in [3.05, 3.63) is 23.2 Å². The van der Waals surface area contributed by atoms with Gasteiger partial charge in [-0.25, -0.2) is 13.1 Å². The largest absolute Gasteiger partial charge is 0.398 e. The minimum absolute atomic E-state index is 0.0477. The van der Waals surface area contributed by atoms with Crippen LogP contribution in [0.2, 0.25) is 5.02 Å². The van der Waals surface area contributed by atoms with Crippen molar-refractivity contribution in [2.24, 2.45) is 5.92 Å². The van der Waals surface area contributed by atoms with Crippen LogP contribution in [0.25, 0.3) is 0 Å². The maximum atomic E-state index is 12.2. The zero-order valence-corrected chi connectivity index (χ0v) is 11.8. The van der Waals surface area contributed by atoms with E-state index >= 15 is 0 Å². The van der Waals surface area contributed by atoms with E-state index in [0.29, 0.717) is 0 Å². The molecule has 18 heavy (non-hydrogen) atoms. The van der Waals surface area contributed by atoms with Crippen LogP contribution in [0.15, 0.2) is 23.1 Å². The fourth-order valence-electron chi connectivity index (χ4n) is 1.45. The van der Waals surface area contributed by atoms with Gasteiger partial charge in [-0.05, 0) is 18.1 Å². The molecule has 0 unspecified atom stereocenters. The normalized spacial score (nSPS) is 13.8. The van der Waals surface area contributed by atoms with Gasteiger partial charge in [-0.3, -0.25) is 0 Å². The molecular formula is C11H17ClN2O3S. The second kappa shape index (κ2) is 5.88. The average molecular weight is 293 g/mol. The SMILES string of the molecule is CC(C)[C@@H](CO)NS(=O)(=O)c1c(N)cccc1Cl. The molecule has 7 heteroatoms. The second-order valence-corrected chi connectivity index (χ2v) is 6.37. The van der Waals surface area contributed by atoms with Crippen molar-refractivity contribution in [2.45, 2.75) is 24.8 Å². The zero-order chi connectivity index (χ0) is 13.9. The predicted octanol–water partition coefficient (Wildman–Crippen LogP) is 1.22. The molecule has 0 spiro atoms. The van der Waals surface area contributed by atoms with Gasteiger partial charge in [0.25, 0.3) is 0 Å². The summed E-state index contributed by atoms with van der Waals surface area (Å²) in [6, 6.07) is 3.91. The molecule has 4 N–H and O–H groups in total. The van der Waals surface area contributed by atoms with Gasteiger partial charge in [-0.1, -0.05) is 31.5 Å². The van der Waals surface area contributed by atoms with Crippen LogP contribution in [0.3, 0.4) is 0 Å². The third kappa shape index (κ3) is 3.35. The number of nitrogen functional groups attached to an aromatic ring is 1. The number of aliphatic hydroxyl groups is 1. The van der Waals surface area contributed by atoms with Crippen LogP contribution in [-0.2, 0) is 10.0 Å². The van der Waals surface area contributed by atoms with Crippen molar-refractivity contribution in [3.63, 3.8) is 0 Å². The van der Waals surface area contributed by atoms with E-state index in [1.165, 1.54) is 12.1 Å². The highest BCUT2D eigenvalue weighted by atomic mass is 35.5. The van der Waals surface area contributed by atoms with Crippen LogP contribution >= 0.6 is 11.6 Å². The van der Waals surface area contributed by atoms with Crippen molar-refractivity contribution in [1.82, 2.24) is 4.72 Å². The Labute approximate surface area is 112 Å². The smallest absolute Gasteiger partial charge is 0.244 e. The molecular weight excluding hydrogens is 276 g/mol. The van der Waals surface area contributed by atoms with E-state index in [1.807, 2.05) is 0 Å². The van der Waals surface area contributed by atoms with Gasteiger partial charge in [-0.2, -0.15) is 0 Å². The number of anilines is 1. The lowest BCUT2D eigenvalue weighted by atomic mass is 10.1. The molecule has 5 nitrogen and oxygen atoms in total. The Bertz CT molecular complexity index is 497. The highest BCUT2D eigenvalue weighted by Gasteiger charge is 2.25. The summed E-state index contributed by atoms with van der Waals surface area (Å²) in [5, 5.41) is 9.21. The molecule has 102 valence electrons. The summed E-state index contributed by atoms with van der Waals surface area (Å²) in [5.41, 5.74) is 5.71. The Hall–Kier alpha value is -0.820. The monoisotopic (exact) mass is 292 g/mol. The molecule has 0 saturated carbocycles. The first kappa shape index (κ1) is 15.2. The van der Waals surface area contributed by atoms with E-state index in [1.54, 1.807) is 19.9 Å². The quantitative estimate of drug-likeness (QED) is 0.712. The Kier molecular flexibility index (Phi) is 4.98. The van der Waals surface area contributed by atoms with Gasteiger partial charge in [0.15, 0.2) is 0 Å². The third-order valence-electron chi connectivity index (χ3n) is 2.57. The van der Waals surface area contributed by atoms with Gasteiger partial charge in [0.2, 0.25) is 10.0 Å². The minimum Gasteiger partial charge on any atom is -0.398 e. The number of halogens is 1. The molecule has 0 amide bonds. The van der Waals surface area contributed by atoms with Crippen LogP contribution in [0.5, 0.6) is 0 Å². The number of sulfonamides is 1. The Balaban J connectivity index is 3.15. The zero-order valence-electron chi connectivity index (χ0n) is 10.2. The summed E-state index contributed by atoms with van der Waals surface area (Å²) in [6.07, 6.45) is 0. The molecule has 0 aliphatic carbocycles. The average Bonchev–Trinajstić information content (AvgIpc) is 2.25. The first-order valence-electron chi connectivity index (χ1n) is 5.46. The molecule has 1 aromatic rings. The maximum Gasteiger partial charge on any atom is 0.244 e. The first-order chi connectivity index (χ1) is 8.29. The molecule has 0 bridgehead atoms. The standard InChI is InChI=1S/C11H17ClN2O3S/c1-7(2)10(6-15)14-18(16,17)11-8(12)4-3-5-9(11)13/h3-5,7,10,14-15H,6,13H2,1-2H3/t10-/m1/s1. The Morgan fingerprint density at radius 1 is 1.44 bits per heavy atom. The molecule has 0 fully saturated rings. The lowest BCUT2D eigenvalue weighted by Crippen LogP contribution is -2.41. The molecule has 1 atom stereocenters. The lowest BCUT2D eigenvalue weighted by Gasteiger charge is -2.20. The maximum absolute atomic E-state index is 12.2. The lowest BCUT2D eigenvalue weighted by molar-refractivity contribution is 0.227. The van der Waals surface area contributed by atoms with E-state index in [9.17, 15) is 8.42 Å². The van der Waals surface area contributed by atoms with Gasteiger partial charge >= 0.3 is 0 Å². The van der Waals surface area contributed by atoms with Gasteiger partial charge < -0.3 is 10.8 Å². The summed E-state index contributed by atoms with van der Waals surface area (Å²) in [6.45, 7) is 3.32. The highest BCUT2D eigenvalue weighted by molar-refractivity contribution is 7.89. The molecule has 0 radical (unpaired) electrons. The van der Waals surface area contributed by atoms with Crippen molar-refractivity contribution in [3.8, 4) is 0 Å². The van der Waals surface area contributed by atoms with E-state index in [-0.39, 0.29) is 28.1 Å². The van der Waals surface area contributed by atoms with E-state index < -0.39 is 16.1 Å². The molecule has 0 aromatic heterocycles. The van der Waals surface area contributed by atoms with Gasteiger partial charge in [-0.15, -0.1) is 0 Å². The number of hydrogen-bond acceptors (Lipinski definition) is 4. The van der Waals surface area contributed by atoms with Crippen LogP contribution in [0, 0.1) is 5.92 Å². The minimum atomic E-state index is -3.84. The number of nitrogens with one attached hydrogen (secondary N) is 1. The van der Waals surface area contributed by atoms with Gasteiger partial charge in [0.1, 0.15) is 4.90 Å². The first-order valence-corrected chi connectivity index (χ1v) is 7.33. The van der Waals surface area contributed by atoms with E-state index in [4.69, 9.17) is 22.4 Å². The number of nitrogens with two attached hydrogens (primary N) is 1. The topological polar surface area (TPSA) is 92.4 Å². The summed E-state index contributed by atoms with van der Waals surface area (Å²) in [5.74, 6) is -0.0477. The predicted molar refractivity (Wildman–Crippen MR) is 71.9 cm³/mol. The van der Waals surface area contributed by atoms with Crippen LogP contribution in [0.1, 0.15) is 13.8 Å². The number of rotatable bonds is 5. The molecule has 0 heterocycles. The van der Waals surface area contributed by atoms with E-state index in [0.717, 1.165) is 0 Å². The molecule has 1 rings (SSSR count). The van der Waals surface area contributed by atoms with Crippen molar-refractivity contribution in [2.75, 3.05) is 12.3 Å². The number of hydrogen-bond donors (Lipinski definition) is 3. The van der Waals surface area contributed by atoms with Crippen LogP contribution < -0.4 is 10.5 Å². The van der Waals surface area contributed by atoms with Crippen LogP contribution in [-0.4, -0.2) is 26.2 Å². The molecule has 0 saturated heterocycles. The third-order valence-corrected chi connectivity index (χ3v) is 4.61. The fourth-order valence-corrected chi connectivity index (χ4v) is 3.50.